The van der Waals surface area contributed by atoms with E-state index in [1.807, 2.05) is 27.7 Å². The van der Waals surface area contributed by atoms with Crippen LogP contribution in [0.25, 0.3) is 0 Å². The average Bonchev–Trinajstić information content (AvgIpc) is 2.74. The van der Waals surface area contributed by atoms with Gasteiger partial charge in [0.2, 0.25) is 0 Å². The van der Waals surface area contributed by atoms with Gasteiger partial charge in [-0.25, -0.2) is 4.79 Å². The lowest BCUT2D eigenvalue weighted by atomic mass is 10.1. The Morgan fingerprint density at radius 2 is 1.48 bits per heavy atom. The molecule has 0 atom stereocenters. The molecular formula is C23H37NO8S. The minimum Gasteiger partial charge on any atom is -0.444 e. The summed E-state index contributed by atoms with van der Waals surface area (Å²) in [4.78, 5) is 13.9. The van der Waals surface area contributed by atoms with E-state index in [4.69, 9.17) is 23.1 Å². The molecule has 0 N–H and O–H groups in total. The Morgan fingerprint density at radius 1 is 0.939 bits per heavy atom. The topological polar surface area (TPSA) is 101 Å². The summed E-state index contributed by atoms with van der Waals surface area (Å²) in [7, 11) is -3.77. The molecule has 0 spiro atoms. The number of hydrogen-bond donors (Lipinski definition) is 0. The van der Waals surface area contributed by atoms with E-state index >= 15 is 0 Å². The number of amides is 1. The molecule has 0 aliphatic carbocycles. The number of likely N-dealkylation sites (tertiary alicyclic amines) is 1. The molecule has 1 aromatic rings. The van der Waals surface area contributed by atoms with Gasteiger partial charge in [0, 0.05) is 13.1 Å². The number of piperidine rings is 1. The fourth-order valence-corrected chi connectivity index (χ4v) is 4.00. The Labute approximate surface area is 197 Å². The number of rotatable bonds is 12. The molecule has 1 fully saturated rings. The van der Waals surface area contributed by atoms with Crippen molar-refractivity contribution >= 4 is 16.2 Å². The zero-order valence-corrected chi connectivity index (χ0v) is 20.9. The van der Waals surface area contributed by atoms with Gasteiger partial charge in [-0.3, -0.25) is 4.18 Å². The van der Waals surface area contributed by atoms with Gasteiger partial charge in [0.1, 0.15) is 5.60 Å². The van der Waals surface area contributed by atoms with Crippen molar-refractivity contribution in [1.29, 1.82) is 0 Å². The van der Waals surface area contributed by atoms with Crippen molar-refractivity contribution in [3.8, 4) is 0 Å². The SMILES string of the molecule is Cc1ccc(S(=O)(=O)OCCOCCOCCOC2CCN(C(=O)OC(C)(C)C)CC2)cc1. The predicted octanol–water partition coefficient (Wildman–Crippen LogP) is 3.15. The third kappa shape index (κ3) is 10.8. The van der Waals surface area contributed by atoms with Crippen molar-refractivity contribution in [2.24, 2.45) is 0 Å². The first-order valence-electron chi connectivity index (χ1n) is 11.3. The molecule has 1 aliphatic heterocycles. The standard InChI is InChI=1S/C23H37NO8S/c1-19-5-7-21(8-6-19)33(26,27)31-18-16-29-14-13-28-15-17-30-20-9-11-24(12-10-20)22(25)32-23(2,3)4/h5-8,20H,9-18H2,1-4H3. The molecule has 0 saturated carbocycles. The highest BCUT2D eigenvalue weighted by molar-refractivity contribution is 7.86. The van der Waals surface area contributed by atoms with Gasteiger partial charge >= 0.3 is 6.09 Å². The zero-order chi connectivity index (χ0) is 24.3. The molecule has 1 heterocycles. The van der Waals surface area contributed by atoms with Crippen LogP contribution in [0, 0.1) is 6.92 Å². The van der Waals surface area contributed by atoms with Crippen LogP contribution in [0.2, 0.25) is 0 Å². The maximum atomic E-state index is 12.1. The molecule has 188 valence electrons. The number of carbonyl (C=O) groups excluding carboxylic acids is 1. The molecule has 1 amide bonds. The highest BCUT2D eigenvalue weighted by Gasteiger charge is 2.27. The van der Waals surface area contributed by atoms with Gasteiger partial charge in [0.05, 0.1) is 50.6 Å². The largest absolute Gasteiger partial charge is 0.444 e. The first-order chi connectivity index (χ1) is 15.6. The van der Waals surface area contributed by atoms with Gasteiger partial charge in [-0.15, -0.1) is 0 Å². The molecule has 2 rings (SSSR count). The maximum absolute atomic E-state index is 12.1. The van der Waals surface area contributed by atoms with Crippen molar-refractivity contribution < 1.29 is 36.3 Å². The monoisotopic (exact) mass is 487 g/mol. The molecular weight excluding hydrogens is 450 g/mol. The van der Waals surface area contributed by atoms with Crippen LogP contribution in [-0.4, -0.2) is 83.8 Å². The fourth-order valence-electron chi connectivity index (χ4n) is 3.10. The molecule has 1 aliphatic rings. The number of aryl methyl sites for hydroxylation is 1. The lowest BCUT2D eigenvalue weighted by Crippen LogP contribution is -2.43. The molecule has 0 unspecified atom stereocenters. The smallest absolute Gasteiger partial charge is 0.410 e. The Kier molecular flexibility index (Phi) is 11.0. The quantitative estimate of drug-likeness (QED) is 0.327. The van der Waals surface area contributed by atoms with Crippen molar-refractivity contribution in [2.75, 3.05) is 52.7 Å². The van der Waals surface area contributed by atoms with Gasteiger partial charge in [0.25, 0.3) is 10.1 Å². The Hall–Kier alpha value is -1.72. The Morgan fingerprint density at radius 3 is 2.06 bits per heavy atom. The molecule has 33 heavy (non-hydrogen) atoms. The molecule has 0 aromatic heterocycles. The van der Waals surface area contributed by atoms with Crippen molar-refractivity contribution in [2.45, 2.75) is 57.1 Å². The second-order valence-corrected chi connectivity index (χ2v) is 10.5. The van der Waals surface area contributed by atoms with Gasteiger partial charge < -0.3 is 23.8 Å². The maximum Gasteiger partial charge on any atom is 0.410 e. The van der Waals surface area contributed by atoms with E-state index in [9.17, 15) is 13.2 Å². The normalized spacial score (nSPS) is 15.6. The molecule has 0 radical (unpaired) electrons. The lowest BCUT2D eigenvalue weighted by Gasteiger charge is -2.33. The van der Waals surface area contributed by atoms with Crippen LogP contribution < -0.4 is 0 Å². The van der Waals surface area contributed by atoms with Crippen molar-refractivity contribution in [1.82, 2.24) is 4.90 Å². The highest BCUT2D eigenvalue weighted by atomic mass is 32.2. The second kappa shape index (κ2) is 13.2. The summed E-state index contributed by atoms with van der Waals surface area (Å²) in [6, 6.07) is 6.49. The van der Waals surface area contributed by atoms with E-state index in [1.165, 1.54) is 12.1 Å². The highest BCUT2D eigenvalue weighted by Crippen LogP contribution is 2.17. The second-order valence-electron chi connectivity index (χ2n) is 8.85. The Balaban J connectivity index is 1.45. The Bertz CT molecular complexity index is 812. The van der Waals surface area contributed by atoms with Crippen LogP contribution in [0.5, 0.6) is 0 Å². The van der Waals surface area contributed by atoms with Gasteiger partial charge in [-0.05, 0) is 52.7 Å². The molecule has 0 bridgehead atoms. The van der Waals surface area contributed by atoms with Crippen LogP contribution >= 0.6 is 0 Å². The van der Waals surface area contributed by atoms with Gasteiger partial charge in [-0.1, -0.05) is 17.7 Å². The summed E-state index contributed by atoms with van der Waals surface area (Å²) in [5, 5.41) is 0. The van der Waals surface area contributed by atoms with Crippen molar-refractivity contribution in [3.63, 3.8) is 0 Å². The molecule has 10 heteroatoms. The number of ether oxygens (including phenoxy) is 4. The first kappa shape index (κ1) is 27.5. The summed E-state index contributed by atoms with van der Waals surface area (Å²) < 4.78 is 51.1. The number of hydrogen-bond acceptors (Lipinski definition) is 8. The minimum atomic E-state index is -3.77. The number of benzene rings is 1. The van der Waals surface area contributed by atoms with E-state index < -0.39 is 15.7 Å². The molecule has 1 saturated heterocycles. The van der Waals surface area contributed by atoms with E-state index in [1.54, 1.807) is 17.0 Å². The third-order valence-electron chi connectivity index (χ3n) is 4.82. The van der Waals surface area contributed by atoms with Crippen LogP contribution in [0.3, 0.4) is 0 Å². The summed E-state index contributed by atoms with van der Waals surface area (Å²) in [5.41, 5.74) is 0.490. The fraction of sp³-hybridized carbons (Fsp3) is 0.696. The van der Waals surface area contributed by atoms with Gasteiger partial charge in [0.15, 0.2) is 0 Å². The summed E-state index contributed by atoms with van der Waals surface area (Å²) in [6.07, 6.45) is 1.38. The molecule has 1 aromatic carbocycles. The zero-order valence-electron chi connectivity index (χ0n) is 20.1. The molecule has 9 nitrogen and oxygen atoms in total. The van der Waals surface area contributed by atoms with Crippen LogP contribution in [-0.2, 0) is 33.2 Å². The predicted molar refractivity (Wildman–Crippen MR) is 123 cm³/mol. The average molecular weight is 488 g/mol. The third-order valence-corrected chi connectivity index (χ3v) is 6.15. The van der Waals surface area contributed by atoms with E-state index in [0.717, 1.165) is 18.4 Å². The summed E-state index contributed by atoms with van der Waals surface area (Å²) >= 11 is 0. The summed E-state index contributed by atoms with van der Waals surface area (Å²) in [5.74, 6) is 0. The van der Waals surface area contributed by atoms with E-state index in [0.29, 0.717) is 39.5 Å². The number of nitrogens with zero attached hydrogens (tertiary/aromatic N) is 1. The van der Waals surface area contributed by atoms with Gasteiger partial charge in [-0.2, -0.15) is 8.42 Å². The first-order valence-corrected chi connectivity index (χ1v) is 12.7. The lowest BCUT2D eigenvalue weighted by molar-refractivity contribution is -0.0364. The van der Waals surface area contributed by atoms with Crippen LogP contribution in [0.15, 0.2) is 29.2 Å². The summed E-state index contributed by atoms with van der Waals surface area (Å²) in [6.45, 7) is 10.4. The van der Waals surface area contributed by atoms with Crippen LogP contribution in [0.1, 0.15) is 39.2 Å². The number of carbonyl (C=O) groups is 1. The van der Waals surface area contributed by atoms with Crippen LogP contribution in [0.4, 0.5) is 4.79 Å². The van der Waals surface area contributed by atoms with Crippen molar-refractivity contribution in [3.05, 3.63) is 29.8 Å². The van der Waals surface area contributed by atoms with E-state index in [-0.39, 0.29) is 30.3 Å². The van der Waals surface area contributed by atoms with E-state index in [2.05, 4.69) is 0 Å². The minimum absolute atomic E-state index is 0.0543.